The molecule has 1 atom stereocenters. The largest absolute Gasteiger partial charge is 0.0645 e. The summed E-state index contributed by atoms with van der Waals surface area (Å²) in [5.74, 6) is 0. The lowest BCUT2D eigenvalue weighted by atomic mass is 9.78. The van der Waals surface area contributed by atoms with E-state index in [2.05, 4.69) is 52.0 Å². The molecule has 0 amide bonds. The van der Waals surface area contributed by atoms with Crippen molar-refractivity contribution >= 4 is 0 Å². The van der Waals surface area contributed by atoms with Gasteiger partial charge in [-0.3, -0.25) is 0 Å². The van der Waals surface area contributed by atoms with Gasteiger partial charge in [-0.05, 0) is 34.8 Å². The average molecular weight is 188 g/mol. The lowest BCUT2D eigenvalue weighted by Gasteiger charge is -2.25. The SMILES string of the molecule is CCC1(C)CC(C)(C)c2ccccc21. The molecule has 1 aliphatic carbocycles. The van der Waals surface area contributed by atoms with Crippen LogP contribution in [0.25, 0.3) is 0 Å². The zero-order valence-corrected chi connectivity index (χ0v) is 9.72. The Labute approximate surface area is 87.3 Å². The highest BCUT2D eigenvalue weighted by atomic mass is 14.5. The van der Waals surface area contributed by atoms with E-state index in [0.29, 0.717) is 10.8 Å². The van der Waals surface area contributed by atoms with Gasteiger partial charge in [0, 0.05) is 0 Å². The van der Waals surface area contributed by atoms with E-state index in [1.807, 2.05) is 0 Å². The Balaban J connectivity index is 2.60. The summed E-state index contributed by atoms with van der Waals surface area (Å²) in [5, 5.41) is 0. The summed E-state index contributed by atoms with van der Waals surface area (Å²) in [6, 6.07) is 8.96. The Morgan fingerprint density at radius 1 is 1.07 bits per heavy atom. The van der Waals surface area contributed by atoms with Crippen LogP contribution in [0.1, 0.15) is 51.7 Å². The molecule has 2 rings (SSSR count). The third kappa shape index (κ3) is 1.20. The van der Waals surface area contributed by atoms with Crippen molar-refractivity contribution in [1.29, 1.82) is 0 Å². The van der Waals surface area contributed by atoms with Crippen LogP contribution in [0.15, 0.2) is 24.3 Å². The Hall–Kier alpha value is -0.780. The fourth-order valence-electron chi connectivity index (χ4n) is 3.08. The zero-order chi connectivity index (χ0) is 10.4. The van der Waals surface area contributed by atoms with Gasteiger partial charge in [0.25, 0.3) is 0 Å². The Kier molecular flexibility index (Phi) is 1.99. The second-order valence-corrected chi connectivity index (χ2v) is 5.52. The molecule has 1 unspecified atom stereocenters. The molecule has 0 aromatic heterocycles. The van der Waals surface area contributed by atoms with Gasteiger partial charge < -0.3 is 0 Å². The molecule has 0 N–H and O–H groups in total. The van der Waals surface area contributed by atoms with Crippen molar-refractivity contribution in [3.8, 4) is 0 Å². The van der Waals surface area contributed by atoms with Gasteiger partial charge in [-0.15, -0.1) is 0 Å². The maximum absolute atomic E-state index is 2.40. The summed E-state index contributed by atoms with van der Waals surface area (Å²) in [7, 11) is 0. The number of hydrogen-bond acceptors (Lipinski definition) is 0. The van der Waals surface area contributed by atoms with E-state index in [0.717, 1.165) is 0 Å². The Morgan fingerprint density at radius 3 is 2.21 bits per heavy atom. The van der Waals surface area contributed by atoms with Crippen LogP contribution < -0.4 is 0 Å². The number of rotatable bonds is 1. The van der Waals surface area contributed by atoms with E-state index in [9.17, 15) is 0 Å². The van der Waals surface area contributed by atoms with Gasteiger partial charge in [-0.1, -0.05) is 52.0 Å². The predicted molar refractivity (Wildman–Crippen MR) is 61.7 cm³/mol. The molecular weight excluding hydrogens is 168 g/mol. The third-order valence-corrected chi connectivity index (χ3v) is 3.92. The van der Waals surface area contributed by atoms with Crippen LogP contribution in [0.2, 0.25) is 0 Å². The van der Waals surface area contributed by atoms with E-state index in [-0.39, 0.29) is 0 Å². The zero-order valence-electron chi connectivity index (χ0n) is 9.72. The van der Waals surface area contributed by atoms with Crippen molar-refractivity contribution in [3.63, 3.8) is 0 Å². The highest BCUT2D eigenvalue weighted by molar-refractivity contribution is 5.44. The molecule has 76 valence electrons. The molecule has 0 radical (unpaired) electrons. The second-order valence-electron chi connectivity index (χ2n) is 5.52. The molecule has 1 aromatic carbocycles. The summed E-state index contributed by atoms with van der Waals surface area (Å²) >= 11 is 0. The van der Waals surface area contributed by atoms with Gasteiger partial charge >= 0.3 is 0 Å². The molecule has 0 heteroatoms. The summed E-state index contributed by atoms with van der Waals surface area (Å²) in [6.07, 6.45) is 2.53. The first-order chi connectivity index (χ1) is 6.49. The van der Waals surface area contributed by atoms with Gasteiger partial charge in [0.2, 0.25) is 0 Å². The molecule has 0 heterocycles. The summed E-state index contributed by atoms with van der Waals surface area (Å²) in [6.45, 7) is 9.44. The van der Waals surface area contributed by atoms with Crippen molar-refractivity contribution in [2.24, 2.45) is 0 Å². The van der Waals surface area contributed by atoms with Gasteiger partial charge in [0.15, 0.2) is 0 Å². The number of benzene rings is 1. The van der Waals surface area contributed by atoms with Crippen molar-refractivity contribution in [2.45, 2.75) is 51.4 Å². The van der Waals surface area contributed by atoms with E-state index in [1.54, 1.807) is 11.1 Å². The topological polar surface area (TPSA) is 0 Å². The lowest BCUT2D eigenvalue weighted by molar-refractivity contribution is 0.367. The van der Waals surface area contributed by atoms with Gasteiger partial charge in [0.1, 0.15) is 0 Å². The third-order valence-electron chi connectivity index (χ3n) is 3.92. The first kappa shape index (κ1) is 9.76. The number of hydrogen-bond donors (Lipinski definition) is 0. The predicted octanol–water partition coefficient (Wildman–Crippen LogP) is 4.04. The van der Waals surface area contributed by atoms with Crippen LogP contribution in [0, 0.1) is 0 Å². The molecule has 14 heavy (non-hydrogen) atoms. The van der Waals surface area contributed by atoms with Crippen molar-refractivity contribution in [1.82, 2.24) is 0 Å². The normalized spacial score (nSPS) is 28.9. The summed E-state index contributed by atoms with van der Waals surface area (Å²) in [4.78, 5) is 0. The van der Waals surface area contributed by atoms with Crippen molar-refractivity contribution in [2.75, 3.05) is 0 Å². The summed E-state index contributed by atoms with van der Waals surface area (Å²) < 4.78 is 0. The first-order valence-electron chi connectivity index (χ1n) is 5.60. The smallest absolute Gasteiger partial charge is 0.00667 e. The summed E-state index contributed by atoms with van der Waals surface area (Å²) in [5.41, 5.74) is 3.90. The van der Waals surface area contributed by atoms with Crippen LogP contribution in [-0.4, -0.2) is 0 Å². The van der Waals surface area contributed by atoms with Crippen LogP contribution in [-0.2, 0) is 10.8 Å². The van der Waals surface area contributed by atoms with E-state index < -0.39 is 0 Å². The first-order valence-corrected chi connectivity index (χ1v) is 5.60. The highest BCUT2D eigenvalue weighted by Crippen LogP contribution is 2.50. The Bertz CT molecular complexity index is 349. The minimum absolute atomic E-state index is 0.362. The Morgan fingerprint density at radius 2 is 1.64 bits per heavy atom. The molecule has 0 saturated carbocycles. The molecule has 0 nitrogen and oxygen atoms in total. The lowest BCUT2D eigenvalue weighted by Crippen LogP contribution is -2.20. The molecular formula is C14H20. The monoisotopic (exact) mass is 188 g/mol. The van der Waals surface area contributed by atoms with Gasteiger partial charge in [-0.2, -0.15) is 0 Å². The van der Waals surface area contributed by atoms with E-state index in [1.165, 1.54) is 12.8 Å². The average Bonchev–Trinajstić information content (AvgIpc) is 2.37. The molecule has 0 fully saturated rings. The fourth-order valence-corrected chi connectivity index (χ4v) is 3.08. The van der Waals surface area contributed by atoms with Gasteiger partial charge in [-0.25, -0.2) is 0 Å². The standard InChI is InChI=1S/C14H20/c1-5-14(4)10-13(2,3)11-8-6-7-9-12(11)14/h6-9H,5,10H2,1-4H3. The maximum atomic E-state index is 2.40. The molecule has 1 aromatic rings. The van der Waals surface area contributed by atoms with E-state index >= 15 is 0 Å². The van der Waals surface area contributed by atoms with Crippen molar-refractivity contribution in [3.05, 3.63) is 35.4 Å². The highest BCUT2D eigenvalue weighted by Gasteiger charge is 2.42. The molecule has 1 aliphatic rings. The minimum Gasteiger partial charge on any atom is -0.0645 e. The van der Waals surface area contributed by atoms with Crippen LogP contribution in [0.3, 0.4) is 0 Å². The van der Waals surface area contributed by atoms with Gasteiger partial charge in [0.05, 0.1) is 0 Å². The molecule has 0 aliphatic heterocycles. The van der Waals surface area contributed by atoms with Crippen LogP contribution in [0.5, 0.6) is 0 Å². The second kappa shape index (κ2) is 2.85. The quantitative estimate of drug-likeness (QED) is 0.624. The minimum atomic E-state index is 0.362. The molecule has 0 saturated heterocycles. The maximum Gasteiger partial charge on any atom is -0.00667 e. The van der Waals surface area contributed by atoms with Crippen LogP contribution in [0.4, 0.5) is 0 Å². The van der Waals surface area contributed by atoms with E-state index in [4.69, 9.17) is 0 Å². The number of fused-ring (bicyclic) bond motifs is 1. The molecule has 0 bridgehead atoms. The van der Waals surface area contributed by atoms with Crippen LogP contribution >= 0.6 is 0 Å². The fraction of sp³-hybridized carbons (Fsp3) is 0.571. The molecule has 0 spiro atoms. The van der Waals surface area contributed by atoms with Crippen molar-refractivity contribution < 1.29 is 0 Å².